The average Bonchev–Trinajstić information content (AvgIpc) is 2.62. The minimum atomic E-state index is -1.27. The summed E-state index contributed by atoms with van der Waals surface area (Å²) in [5, 5.41) is 10.6. The molecule has 0 aliphatic heterocycles. The largest absolute Gasteiger partial charge is 0.369 e. The molecule has 1 heteroatoms. The Bertz CT molecular complexity index is 559. The van der Waals surface area contributed by atoms with Gasteiger partial charge in [-0.25, -0.2) is 0 Å². The van der Waals surface area contributed by atoms with Gasteiger partial charge in [0, 0.05) is 11.1 Å². The van der Waals surface area contributed by atoms with E-state index in [2.05, 4.69) is 5.92 Å². The van der Waals surface area contributed by atoms with Crippen molar-refractivity contribution < 1.29 is 5.11 Å². The second kappa shape index (κ2) is 2.98. The maximum Gasteiger partial charge on any atom is 0.177 e. The Hall–Kier alpha value is -2.04. The molecule has 0 fully saturated rings. The molecule has 0 atom stereocenters. The number of hydrogen-bond acceptors (Lipinski definition) is 1. The van der Waals surface area contributed by atoms with Crippen LogP contribution in [0, 0.1) is 12.3 Å². The standard InChI is InChI=1S/C15H10O/c1-2-15(16)13-9-5-3-7-11(13)12-8-4-6-10-14(12)15/h1,3-10,16H. The summed E-state index contributed by atoms with van der Waals surface area (Å²) in [6.45, 7) is 0. The maximum atomic E-state index is 10.6. The lowest BCUT2D eigenvalue weighted by molar-refractivity contribution is 0.150. The quantitative estimate of drug-likeness (QED) is 0.657. The second-order valence-corrected chi connectivity index (χ2v) is 3.95. The minimum Gasteiger partial charge on any atom is -0.369 e. The molecule has 76 valence electrons. The van der Waals surface area contributed by atoms with Gasteiger partial charge in [-0.2, -0.15) is 0 Å². The molecule has 0 spiro atoms. The van der Waals surface area contributed by atoms with Crippen molar-refractivity contribution in [2.24, 2.45) is 0 Å². The van der Waals surface area contributed by atoms with Crippen LogP contribution in [0.1, 0.15) is 11.1 Å². The van der Waals surface area contributed by atoms with Crippen LogP contribution in [0.5, 0.6) is 0 Å². The smallest absolute Gasteiger partial charge is 0.177 e. The van der Waals surface area contributed by atoms with Crippen LogP contribution in [0.15, 0.2) is 48.5 Å². The molecule has 0 aromatic heterocycles. The molecule has 1 N–H and O–H groups in total. The van der Waals surface area contributed by atoms with Crippen molar-refractivity contribution in [3.8, 4) is 23.5 Å². The van der Waals surface area contributed by atoms with Crippen molar-refractivity contribution in [1.82, 2.24) is 0 Å². The molecule has 0 saturated heterocycles. The van der Waals surface area contributed by atoms with E-state index in [1.54, 1.807) is 0 Å². The van der Waals surface area contributed by atoms with Gasteiger partial charge in [-0.1, -0.05) is 54.5 Å². The van der Waals surface area contributed by atoms with Gasteiger partial charge in [0.2, 0.25) is 0 Å². The number of benzene rings is 2. The highest BCUT2D eigenvalue weighted by atomic mass is 16.3. The molecule has 1 aliphatic rings. The zero-order valence-corrected chi connectivity index (χ0v) is 8.64. The van der Waals surface area contributed by atoms with Crippen LogP contribution < -0.4 is 0 Å². The summed E-state index contributed by atoms with van der Waals surface area (Å²) < 4.78 is 0. The van der Waals surface area contributed by atoms with E-state index in [1.807, 2.05) is 48.5 Å². The molecule has 3 rings (SSSR count). The third-order valence-electron chi connectivity index (χ3n) is 3.13. The van der Waals surface area contributed by atoms with E-state index in [4.69, 9.17) is 6.42 Å². The van der Waals surface area contributed by atoms with Gasteiger partial charge in [-0.05, 0) is 11.1 Å². The van der Waals surface area contributed by atoms with Crippen LogP contribution in [-0.2, 0) is 5.60 Å². The molecular formula is C15H10O. The number of aliphatic hydroxyl groups is 1. The Kier molecular flexibility index (Phi) is 1.71. The molecular weight excluding hydrogens is 196 g/mol. The van der Waals surface area contributed by atoms with Gasteiger partial charge in [-0.15, -0.1) is 6.42 Å². The van der Waals surface area contributed by atoms with Gasteiger partial charge < -0.3 is 5.11 Å². The molecule has 0 saturated carbocycles. The van der Waals surface area contributed by atoms with E-state index < -0.39 is 5.60 Å². The molecule has 1 aliphatic carbocycles. The van der Waals surface area contributed by atoms with Crippen molar-refractivity contribution in [3.05, 3.63) is 59.7 Å². The van der Waals surface area contributed by atoms with Gasteiger partial charge in [0.1, 0.15) is 0 Å². The van der Waals surface area contributed by atoms with Crippen molar-refractivity contribution in [2.75, 3.05) is 0 Å². The first-order chi connectivity index (χ1) is 7.77. The minimum absolute atomic E-state index is 0.804. The van der Waals surface area contributed by atoms with E-state index >= 15 is 0 Å². The van der Waals surface area contributed by atoms with E-state index in [0.717, 1.165) is 22.3 Å². The molecule has 0 radical (unpaired) electrons. The van der Waals surface area contributed by atoms with Crippen LogP contribution in [0.2, 0.25) is 0 Å². The molecule has 0 heterocycles. The van der Waals surface area contributed by atoms with Crippen LogP contribution in [0.3, 0.4) is 0 Å². The van der Waals surface area contributed by atoms with Crippen LogP contribution in [0.25, 0.3) is 11.1 Å². The molecule has 0 bridgehead atoms. The van der Waals surface area contributed by atoms with Crippen molar-refractivity contribution in [1.29, 1.82) is 0 Å². The molecule has 0 unspecified atom stereocenters. The summed E-state index contributed by atoms with van der Waals surface area (Å²) in [4.78, 5) is 0. The highest BCUT2D eigenvalue weighted by Gasteiger charge is 2.39. The fraction of sp³-hybridized carbons (Fsp3) is 0.0667. The molecule has 2 aromatic rings. The fourth-order valence-corrected chi connectivity index (χ4v) is 2.37. The third kappa shape index (κ3) is 0.946. The lowest BCUT2D eigenvalue weighted by Gasteiger charge is -2.18. The lowest BCUT2D eigenvalue weighted by atomic mass is 9.93. The van der Waals surface area contributed by atoms with Gasteiger partial charge in [-0.3, -0.25) is 0 Å². The topological polar surface area (TPSA) is 20.2 Å². The van der Waals surface area contributed by atoms with Crippen molar-refractivity contribution in [3.63, 3.8) is 0 Å². The predicted octanol–water partition coefficient (Wildman–Crippen LogP) is 2.54. The normalized spacial score (nSPS) is 15.0. The Balaban J connectivity index is 2.45. The molecule has 0 amide bonds. The predicted molar refractivity (Wildman–Crippen MR) is 63.7 cm³/mol. The number of hydrogen-bond donors (Lipinski definition) is 1. The van der Waals surface area contributed by atoms with Gasteiger partial charge in [0.25, 0.3) is 0 Å². The maximum absolute atomic E-state index is 10.6. The fourth-order valence-electron chi connectivity index (χ4n) is 2.37. The molecule has 2 aromatic carbocycles. The zero-order chi connectivity index (χ0) is 11.2. The van der Waals surface area contributed by atoms with Gasteiger partial charge in [0.05, 0.1) is 0 Å². The Morgan fingerprint density at radius 1 is 0.875 bits per heavy atom. The lowest BCUT2D eigenvalue weighted by Crippen LogP contribution is -2.21. The summed E-state index contributed by atoms with van der Waals surface area (Å²) in [5.41, 5.74) is 2.39. The van der Waals surface area contributed by atoms with E-state index in [1.165, 1.54) is 0 Å². The first-order valence-electron chi connectivity index (χ1n) is 5.17. The van der Waals surface area contributed by atoms with Gasteiger partial charge >= 0.3 is 0 Å². The summed E-state index contributed by atoms with van der Waals surface area (Å²) >= 11 is 0. The SMILES string of the molecule is C#CC1(O)c2ccccc2-c2ccccc21. The molecule has 1 nitrogen and oxygen atoms in total. The zero-order valence-electron chi connectivity index (χ0n) is 8.64. The highest BCUT2D eigenvalue weighted by molar-refractivity contribution is 5.81. The summed E-state index contributed by atoms with van der Waals surface area (Å²) in [6, 6.07) is 15.5. The second-order valence-electron chi connectivity index (χ2n) is 3.95. The first kappa shape index (κ1) is 9.21. The van der Waals surface area contributed by atoms with Crippen LogP contribution >= 0.6 is 0 Å². The molecule has 16 heavy (non-hydrogen) atoms. The summed E-state index contributed by atoms with van der Waals surface area (Å²) in [6.07, 6.45) is 5.50. The van der Waals surface area contributed by atoms with Gasteiger partial charge in [0.15, 0.2) is 5.60 Å². The third-order valence-corrected chi connectivity index (χ3v) is 3.13. The number of fused-ring (bicyclic) bond motifs is 3. The van der Waals surface area contributed by atoms with Crippen LogP contribution in [-0.4, -0.2) is 5.11 Å². The first-order valence-corrected chi connectivity index (χ1v) is 5.17. The van der Waals surface area contributed by atoms with Crippen LogP contribution in [0.4, 0.5) is 0 Å². The average molecular weight is 206 g/mol. The summed E-state index contributed by atoms with van der Waals surface area (Å²) in [7, 11) is 0. The number of terminal acetylenes is 1. The highest BCUT2D eigenvalue weighted by Crippen LogP contribution is 2.46. The summed E-state index contributed by atoms with van der Waals surface area (Å²) in [5.74, 6) is 2.51. The Morgan fingerprint density at radius 3 is 1.75 bits per heavy atom. The van der Waals surface area contributed by atoms with Crippen molar-refractivity contribution in [2.45, 2.75) is 5.60 Å². The van der Waals surface area contributed by atoms with E-state index in [-0.39, 0.29) is 0 Å². The van der Waals surface area contributed by atoms with E-state index in [9.17, 15) is 5.11 Å². The van der Waals surface area contributed by atoms with E-state index in [0.29, 0.717) is 0 Å². The monoisotopic (exact) mass is 206 g/mol. The van der Waals surface area contributed by atoms with Crippen molar-refractivity contribution >= 4 is 0 Å². The Labute approximate surface area is 94.4 Å². The Morgan fingerprint density at radius 2 is 1.31 bits per heavy atom. The number of rotatable bonds is 0.